The zero-order valence-electron chi connectivity index (χ0n) is 14.7. The molecule has 1 aromatic carbocycles. The van der Waals surface area contributed by atoms with Crippen LogP contribution in [0.1, 0.15) is 31.2 Å². The van der Waals surface area contributed by atoms with Crippen molar-refractivity contribution in [3.05, 3.63) is 29.8 Å². The second-order valence-electron chi connectivity index (χ2n) is 6.58. The highest BCUT2D eigenvalue weighted by molar-refractivity contribution is 5.83. The second-order valence-corrected chi connectivity index (χ2v) is 6.58. The summed E-state index contributed by atoms with van der Waals surface area (Å²) >= 11 is 0. The minimum absolute atomic E-state index is 0.184. The number of aromatic nitrogens is 3. The topological polar surface area (TPSA) is 89.8 Å². The number of rotatable bonds is 5. The van der Waals surface area contributed by atoms with Crippen LogP contribution in [0.2, 0.25) is 0 Å². The normalized spacial score (nSPS) is 17.4. The summed E-state index contributed by atoms with van der Waals surface area (Å²) in [6.07, 6.45) is 6.22. The van der Waals surface area contributed by atoms with Gasteiger partial charge in [0.2, 0.25) is 17.8 Å². The van der Waals surface area contributed by atoms with Crippen LogP contribution in [0.15, 0.2) is 29.4 Å². The van der Waals surface area contributed by atoms with Crippen LogP contribution in [-0.2, 0) is 0 Å². The molecule has 0 spiro atoms. The third-order valence-corrected chi connectivity index (χ3v) is 4.69. The van der Waals surface area contributed by atoms with E-state index >= 15 is 0 Å². The van der Waals surface area contributed by atoms with Gasteiger partial charge in [0, 0.05) is 31.7 Å². The minimum Gasteiger partial charge on any atom is -0.507 e. The SMILES string of the molecule is Oc1ccccc1C=NNc1nc(N2CCCC2)nc(N2CCCC2)n1. The molecule has 2 N–H and O–H groups in total. The van der Waals surface area contributed by atoms with Gasteiger partial charge in [0.15, 0.2) is 0 Å². The molecular weight excluding hydrogens is 330 g/mol. The number of aromatic hydroxyl groups is 1. The van der Waals surface area contributed by atoms with Crippen molar-refractivity contribution in [2.45, 2.75) is 25.7 Å². The molecule has 2 aromatic rings. The molecule has 1 aromatic heterocycles. The highest BCUT2D eigenvalue weighted by Gasteiger charge is 2.21. The first-order valence-corrected chi connectivity index (χ1v) is 9.13. The van der Waals surface area contributed by atoms with Gasteiger partial charge in [-0.3, -0.25) is 0 Å². The van der Waals surface area contributed by atoms with Crippen LogP contribution in [0.3, 0.4) is 0 Å². The van der Waals surface area contributed by atoms with Crippen molar-refractivity contribution < 1.29 is 5.11 Å². The highest BCUT2D eigenvalue weighted by Crippen LogP contribution is 2.22. The summed E-state index contributed by atoms with van der Waals surface area (Å²) in [5.74, 6) is 2.03. The summed E-state index contributed by atoms with van der Waals surface area (Å²) < 4.78 is 0. The number of anilines is 3. The molecule has 8 nitrogen and oxygen atoms in total. The van der Waals surface area contributed by atoms with Gasteiger partial charge < -0.3 is 14.9 Å². The maximum Gasteiger partial charge on any atom is 0.250 e. The average molecular weight is 353 g/mol. The van der Waals surface area contributed by atoms with Crippen molar-refractivity contribution in [3.63, 3.8) is 0 Å². The zero-order valence-corrected chi connectivity index (χ0v) is 14.7. The van der Waals surface area contributed by atoms with Gasteiger partial charge in [-0.1, -0.05) is 12.1 Å². The van der Waals surface area contributed by atoms with Gasteiger partial charge in [0.05, 0.1) is 6.21 Å². The summed E-state index contributed by atoms with van der Waals surface area (Å²) in [5.41, 5.74) is 3.52. The van der Waals surface area contributed by atoms with Crippen LogP contribution < -0.4 is 15.2 Å². The number of nitrogens with zero attached hydrogens (tertiary/aromatic N) is 6. The number of hydrogen-bond donors (Lipinski definition) is 2. The molecule has 0 bridgehead atoms. The summed E-state index contributed by atoms with van der Waals surface area (Å²) in [7, 11) is 0. The Morgan fingerprint density at radius 2 is 1.46 bits per heavy atom. The Kier molecular flexibility index (Phi) is 4.81. The third-order valence-electron chi connectivity index (χ3n) is 4.69. The van der Waals surface area contributed by atoms with E-state index in [9.17, 15) is 5.11 Å². The van der Waals surface area contributed by atoms with E-state index in [0.29, 0.717) is 23.4 Å². The number of hydrazone groups is 1. The summed E-state index contributed by atoms with van der Waals surface area (Å²) in [6, 6.07) is 7.04. The second kappa shape index (κ2) is 7.55. The van der Waals surface area contributed by atoms with E-state index in [2.05, 4.69) is 35.3 Å². The summed E-state index contributed by atoms with van der Waals surface area (Å²) in [6.45, 7) is 3.90. The molecule has 0 aliphatic carbocycles. The molecule has 8 heteroatoms. The lowest BCUT2D eigenvalue weighted by Gasteiger charge is -2.20. The van der Waals surface area contributed by atoms with Gasteiger partial charge in [-0.15, -0.1) is 0 Å². The highest BCUT2D eigenvalue weighted by atomic mass is 16.3. The molecule has 0 saturated carbocycles. The van der Waals surface area contributed by atoms with Crippen LogP contribution in [-0.4, -0.2) is 52.5 Å². The molecule has 2 aliphatic heterocycles. The van der Waals surface area contributed by atoms with Crippen LogP contribution in [0.4, 0.5) is 17.8 Å². The van der Waals surface area contributed by atoms with Gasteiger partial charge in [0.25, 0.3) is 0 Å². The van der Waals surface area contributed by atoms with E-state index in [1.807, 2.05) is 6.07 Å². The van der Waals surface area contributed by atoms with E-state index in [1.165, 1.54) is 25.7 Å². The standard InChI is InChI=1S/C18H23N7O/c26-15-8-2-1-7-14(15)13-19-23-16-20-17(24-9-3-4-10-24)22-18(21-16)25-11-5-6-12-25/h1-2,7-8,13,26H,3-6,9-12H2,(H,20,21,22,23). The van der Waals surface area contributed by atoms with Crippen molar-refractivity contribution in [1.29, 1.82) is 0 Å². The molecule has 0 atom stereocenters. The van der Waals surface area contributed by atoms with Crippen LogP contribution in [0, 0.1) is 0 Å². The lowest BCUT2D eigenvalue weighted by atomic mass is 10.2. The summed E-state index contributed by atoms with van der Waals surface area (Å²) in [4.78, 5) is 18.1. The lowest BCUT2D eigenvalue weighted by molar-refractivity contribution is 0.474. The first-order chi connectivity index (χ1) is 12.8. The third kappa shape index (κ3) is 3.68. The van der Waals surface area contributed by atoms with Crippen molar-refractivity contribution in [2.24, 2.45) is 5.10 Å². The minimum atomic E-state index is 0.184. The van der Waals surface area contributed by atoms with Gasteiger partial charge in [-0.05, 0) is 37.8 Å². The first-order valence-electron chi connectivity index (χ1n) is 9.13. The number of para-hydroxylation sites is 1. The quantitative estimate of drug-likeness (QED) is 0.629. The fourth-order valence-electron chi connectivity index (χ4n) is 3.28. The maximum atomic E-state index is 9.81. The van der Waals surface area contributed by atoms with Gasteiger partial charge in [0.1, 0.15) is 5.75 Å². The van der Waals surface area contributed by atoms with E-state index < -0.39 is 0 Å². The smallest absolute Gasteiger partial charge is 0.250 e. The Morgan fingerprint density at radius 1 is 0.885 bits per heavy atom. The fraction of sp³-hybridized carbons (Fsp3) is 0.444. The monoisotopic (exact) mass is 353 g/mol. The number of phenolic OH excluding ortho intramolecular Hbond substituents is 1. The maximum absolute atomic E-state index is 9.81. The zero-order chi connectivity index (χ0) is 17.8. The van der Waals surface area contributed by atoms with E-state index in [1.54, 1.807) is 24.4 Å². The van der Waals surface area contributed by atoms with E-state index in [-0.39, 0.29) is 5.75 Å². The molecule has 2 fully saturated rings. The van der Waals surface area contributed by atoms with Crippen LogP contribution >= 0.6 is 0 Å². The number of nitrogens with one attached hydrogen (secondary N) is 1. The predicted octanol–water partition coefficient (Wildman–Crippen LogP) is 2.22. The van der Waals surface area contributed by atoms with Crippen LogP contribution in [0.5, 0.6) is 5.75 Å². The Labute approximate surface area is 152 Å². The van der Waals surface area contributed by atoms with Crippen molar-refractivity contribution in [3.8, 4) is 5.75 Å². The largest absolute Gasteiger partial charge is 0.507 e. The fourth-order valence-corrected chi connectivity index (χ4v) is 3.28. The molecule has 4 rings (SSSR count). The van der Waals surface area contributed by atoms with Crippen molar-refractivity contribution >= 4 is 24.1 Å². The van der Waals surface area contributed by atoms with E-state index in [0.717, 1.165) is 26.2 Å². The van der Waals surface area contributed by atoms with Crippen LogP contribution in [0.25, 0.3) is 0 Å². The molecule has 0 unspecified atom stereocenters. The van der Waals surface area contributed by atoms with Crippen molar-refractivity contribution in [1.82, 2.24) is 15.0 Å². The number of benzene rings is 1. The van der Waals surface area contributed by atoms with Gasteiger partial charge >= 0.3 is 0 Å². The first kappa shape index (κ1) is 16.6. The molecular formula is C18H23N7O. The summed E-state index contributed by atoms with van der Waals surface area (Å²) in [5, 5.41) is 14.0. The number of phenols is 1. The molecule has 2 saturated heterocycles. The number of hydrogen-bond acceptors (Lipinski definition) is 8. The van der Waals surface area contributed by atoms with Crippen molar-refractivity contribution in [2.75, 3.05) is 41.4 Å². The molecule has 0 radical (unpaired) electrons. The molecule has 136 valence electrons. The molecule has 3 heterocycles. The van der Waals surface area contributed by atoms with Gasteiger partial charge in [-0.2, -0.15) is 20.1 Å². The van der Waals surface area contributed by atoms with E-state index in [4.69, 9.17) is 0 Å². The van der Waals surface area contributed by atoms with Gasteiger partial charge in [-0.25, -0.2) is 5.43 Å². The molecule has 26 heavy (non-hydrogen) atoms. The molecule has 0 amide bonds. The Balaban J connectivity index is 1.56. The predicted molar refractivity (Wildman–Crippen MR) is 102 cm³/mol. The molecule has 2 aliphatic rings. The Hall–Kier alpha value is -2.90. The average Bonchev–Trinajstić information content (AvgIpc) is 3.37. The Bertz CT molecular complexity index is 749. The lowest BCUT2D eigenvalue weighted by Crippen LogP contribution is -2.25. The Morgan fingerprint density at radius 3 is 2.04 bits per heavy atom.